The third kappa shape index (κ3) is 8.18. The second-order valence-electron chi connectivity index (χ2n) is 5.82. The van der Waals surface area contributed by atoms with E-state index < -0.39 is 0 Å². The Bertz CT molecular complexity index is 851. The van der Waals surface area contributed by atoms with E-state index in [1.54, 1.807) is 24.6 Å². The van der Waals surface area contributed by atoms with E-state index in [0.717, 1.165) is 11.4 Å². The fraction of sp³-hybridized carbons (Fsp3) is 0.0952. The number of aliphatic imine (C=N–C) groups is 2. The molecule has 1 radical (unpaired) electrons. The van der Waals surface area contributed by atoms with E-state index in [9.17, 15) is 0 Å². The molecule has 3 rings (SSSR count). The number of hydrogen-bond acceptors (Lipinski definition) is 3. The van der Waals surface area contributed by atoms with Crippen LogP contribution in [0.3, 0.4) is 0 Å². The summed E-state index contributed by atoms with van der Waals surface area (Å²) in [5, 5.41) is 0.603. The normalized spacial score (nSPS) is 10.2. The second-order valence-corrected chi connectivity index (χ2v) is 6.26. The molecule has 28 heavy (non-hydrogen) atoms. The molecule has 0 saturated carbocycles. The molecule has 0 N–H and O–H groups in total. The van der Waals surface area contributed by atoms with Gasteiger partial charge in [-0.2, -0.15) is 0 Å². The Balaban J connectivity index is 0.00000243. The summed E-state index contributed by atoms with van der Waals surface area (Å²) in [7, 11) is 0. The molecular formula is C21H18Cl3N3V. The maximum absolute atomic E-state index is 6.19. The van der Waals surface area contributed by atoms with Gasteiger partial charge in [0.15, 0.2) is 0 Å². The summed E-state index contributed by atoms with van der Waals surface area (Å²) < 4.78 is 0. The molecule has 3 aromatic rings. The van der Waals surface area contributed by atoms with Crippen LogP contribution in [0.5, 0.6) is 0 Å². The summed E-state index contributed by atoms with van der Waals surface area (Å²) >= 11 is 6.19. The van der Waals surface area contributed by atoms with Crippen molar-refractivity contribution in [2.24, 2.45) is 9.98 Å². The van der Waals surface area contributed by atoms with Gasteiger partial charge in [-0.1, -0.05) is 47.0 Å². The topological polar surface area (TPSA) is 37.6 Å². The first-order chi connectivity index (χ1) is 12.1. The quantitative estimate of drug-likeness (QED) is 0.490. The van der Waals surface area contributed by atoms with E-state index in [-0.39, 0.29) is 43.4 Å². The molecule has 7 heteroatoms. The molecule has 0 aliphatic rings. The summed E-state index contributed by atoms with van der Waals surface area (Å²) in [6.07, 6.45) is 3.42. The Morgan fingerprint density at radius 2 is 1.07 bits per heavy atom. The fourth-order valence-electron chi connectivity index (χ4n) is 2.21. The molecule has 0 aliphatic carbocycles. The number of pyridine rings is 1. The SMILES string of the molecule is Cc1ccc(N=Cc2cc(Cl)cc(C=Nc3ccc(C)cc3)n2)cc1.[Cl-].[Cl-].[V+2]. The molecule has 1 aromatic heterocycles. The molecule has 0 fully saturated rings. The molecule has 3 nitrogen and oxygen atoms in total. The largest absolute Gasteiger partial charge is 2.00 e. The summed E-state index contributed by atoms with van der Waals surface area (Å²) in [4.78, 5) is 13.4. The van der Waals surface area contributed by atoms with Crippen LogP contribution in [0, 0.1) is 13.8 Å². The minimum Gasteiger partial charge on any atom is -1.00 e. The number of aryl methyl sites for hydroxylation is 2. The van der Waals surface area contributed by atoms with Gasteiger partial charge in [0.05, 0.1) is 35.2 Å². The van der Waals surface area contributed by atoms with Gasteiger partial charge in [-0.05, 0) is 50.2 Å². The molecule has 0 saturated heterocycles. The Kier molecular flexibility index (Phi) is 12.0. The van der Waals surface area contributed by atoms with Crippen LogP contribution in [-0.2, 0) is 18.6 Å². The molecule has 143 valence electrons. The van der Waals surface area contributed by atoms with E-state index in [1.165, 1.54) is 11.1 Å². The summed E-state index contributed by atoms with van der Waals surface area (Å²) in [5.41, 5.74) is 5.55. The van der Waals surface area contributed by atoms with Crippen LogP contribution in [0.15, 0.2) is 70.6 Å². The predicted molar refractivity (Wildman–Crippen MR) is 106 cm³/mol. The minimum absolute atomic E-state index is 0. The van der Waals surface area contributed by atoms with Crippen LogP contribution in [0.2, 0.25) is 5.02 Å². The zero-order valence-electron chi connectivity index (χ0n) is 15.4. The maximum Gasteiger partial charge on any atom is 2.00 e. The molecule has 0 atom stereocenters. The fourth-order valence-corrected chi connectivity index (χ4v) is 2.44. The first-order valence-corrected chi connectivity index (χ1v) is 8.35. The molecule has 0 bridgehead atoms. The average Bonchev–Trinajstić information content (AvgIpc) is 2.60. The molecule has 0 spiro atoms. The summed E-state index contributed by atoms with van der Waals surface area (Å²) in [6.45, 7) is 4.09. The Labute approximate surface area is 195 Å². The van der Waals surface area contributed by atoms with Gasteiger partial charge < -0.3 is 24.8 Å². The van der Waals surface area contributed by atoms with Gasteiger partial charge in [0, 0.05) is 5.02 Å². The van der Waals surface area contributed by atoms with Crippen LogP contribution in [0.1, 0.15) is 22.5 Å². The molecule has 0 aliphatic heterocycles. The number of halogens is 3. The van der Waals surface area contributed by atoms with Gasteiger partial charge in [0.1, 0.15) is 0 Å². The van der Waals surface area contributed by atoms with Crippen LogP contribution >= 0.6 is 11.6 Å². The average molecular weight is 470 g/mol. The number of aromatic nitrogens is 1. The van der Waals surface area contributed by atoms with Gasteiger partial charge >= 0.3 is 18.6 Å². The van der Waals surface area contributed by atoms with Crippen molar-refractivity contribution < 1.29 is 43.4 Å². The van der Waals surface area contributed by atoms with Crippen LogP contribution in [0.4, 0.5) is 11.4 Å². The number of hydrogen-bond donors (Lipinski definition) is 0. The van der Waals surface area contributed by atoms with Crippen molar-refractivity contribution in [1.29, 1.82) is 0 Å². The zero-order chi connectivity index (χ0) is 17.6. The molecular weight excluding hydrogens is 452 g/mol. The summed E-state index contributed by atoms with van der Waals surface area (Å²) in [6, 6.07) is 19.5. The number of rotatable bonds is 4. The van der Waals surface area contributed by atoms with Gasteiger partial charge in [-0.3, -0.25) is 9.98 Å². The predicted octanol–water partition coefficient (Wildman–Crippen LogP) is -0.141. The van der Waals surface area contributed by atoms with Crippen molar-refractivity contribution >= 4 is 35.4 Å². The van der Waals surface area contributed by atoms with Crippen molar-refractivity contribution in [3.05, 3.63) is 88.2 Å². The Morgan fingerprint density at radius 3 is 1.43 bits per heavy atom. The second kappa shape index (κ2) is 12.8. The first kappa shape index (κ1) is 26.4. The maximum atomic E-state index is 6.19. The summed E-state index contributed by atoms with van der Waals surface area (Å²) in [5.74, 6) is 0. The van der Waals surface area contributed by atoms with Gasteiger partial charge in [0.25, 0.3) is 0 Å². The molecule has 0 amide bonds. The smallest absolute Gasteiger partial charge is 1.00 e. The third-order valence-electron chi connectivity index (χ3n) is 3.59. The number of benzene rings is 2. The molecule has 0 unspecified atom stereocenters. The van der Waals surface area contributed by atoms with Crippen LogP contribution in [-0.4, -0.2) is 17.4 Å². The van der Waals surface area contributed by atoms with Gasteiger partial charge in [-0.15, -0.1) is 0 Å². The van der Waals surface area contributed by atoms with Crippen molar-refractivity contribution in [2.45, 2.75) is 13.8 Å². The molecule has 2 aromatic carbocycles. The van der Waals surface area contributed by atoms with E-state index in [4.69, 9.17) is 11.6 Å². The van der Waals surface area contributed by atoms with Gasteiger partial charge in [0.2, 0.25) is 0 Å². The zero-order valence-corrected chi connectivity index (χ0v) is 19.0. The van der Waals surface area contributed by atoms with Crippen molar-refractivity contribution in [3.8, 4) is 0 Å². The molecule has 1 heterocycles. The number of nitrogens with zero attached hydrogens (tertiary/aromatic N) is 3. The van der Waals surface area contributed by atoms with Crippen molar-refractivity contribution in [2.75, 3.05) is 0 Å². The van der Waals surface area contributed by atoms with E-state index in [1.807, 2.05) is 62.4 Å². The Hall–Kier alpha value is -1.62. The minimum atomic E-state index is 0. The van der Waals surface area contributed by atoms with E-state index in [0.29, 0.717) is 16.4 Å². The van der Waals surface area contributed by atoms with E-state index >= 15 is 0 Å². The Morgan fingerprint density at radius 1 is 0.714 bits per heavy atom. The monoisotopic (exact) mass is 468 g/mol. The first-order valence-electron chi connectivity index (χ1n) is 7.97. The van der Waals surface area contributed by atoms with Crippen LogP contribution in [0.25, 0.3) is 0 Å². The van der Waals surface area contributed by atoms with Crippen LogP contribution < -0.4 is 24.8 Å². The standard InChI is InChI=1S/C21H18ClN3.2ClH.V/c1-15-3-7-18(8-4-15)23-13-20-11-17(22)12-21(25-20)14-24-19-9-5-16(2)6-10-19;;;/h3-14H,1-2H3;2*1H;/q;;;+2/p-2. The van der Waals surface area contributed by atoms with Crippen molar-refractivity contribution in [1.82, 2.24) is 4.98 Å². The van der Waals surface area contributed by atoms with Crippen molar-refractivity contribution in [3.63, 3.8) is 0 Å². The van der Waals surface area contributed by atoms with E-state index in [2.05, 4.69) is 15.0 Å². The third-order valence-corrected chi connectivity index (χ3v) is 3.81. The van der Waals surface area contributed by atoms with Gasteiger partial charge in [-0.25, -0.2) is 4.98 Å².